The van der Waals surface area contributed by atoms with Gasteiger partial charge in [0.2, 0.25) is 0 Å². The van der Waals surface area contributed by atoms with E-state index in [4.69, 9.17) is 10.2 Å². The Morgan fingerprint density at radius 2 is 1.30 bits per heavy atom. The molecule has 0 aliphatic rings. The van der Waals surface area contributed by atoms with Gasteiger partial charge >= 0.3 is 12.7 Å². The number of halogens is 6. The molecule has 0 bridgehead atoms. The van der Waals surface area contributed by atoms with Gasteiger partial charge in [0.15, 0.2) is 28.8 Å². The van der Waals surface area contributed by atoms with E-state index in [2.05, 4.69) is 55.2 Å². The van der Waals surface area contributed by atoms with Crippen LogP contribution in [0, 0.1) is 18.3 Å². The molecule has 7 aromatic rings. The summed E-state index contributed by atoms with van der Waals surface area (Å²) in [6.07, 6.45) is -5.78. The summed E-state index contributed by atoms with van der Waals surface area (Å²) < 4.78 is 86.2. The van der Waals surface area contributed by atoms with Gasteiger partial charge in [-0.2, -0.15) is 10.4 Å². The average Bonchev–Trinajstić information content (AvgIpc) is 3.86. The van der Waals surface area contributed by atoms with Gasteiger partial charge in [-0.25, -0.2) is 24.9 Å². The summed E-state index contributed by atoms with van der Waals surface area (Å²) >= 11 is 0. The maximum atomic E-state index is 12.6. The quantitative estimate of drug-likeness (QED) is 0.0859. The second-order valence-electron chi connectivity index (χ2n) is 11.3. The number of benzene rings is 2. The Kier molecular flexibility index (Phi) is 10.5. The van der Waals surface area contributed by atoms with E-state index in [1.807, 2.05) is 6.07 Å². The fourth-order valence-corrected chi connectivity index (χ4v) is 5.33. The number of H-pyrrole nitrogens is 1. The molecule has 282 valence electrons. The summed E-state index contributed by atoms with van der Waals surface area (Å²) in [6.45, 7) is 2.50. The van der Waals surface area contributed by atoms with Crippen molar-refractivity contribution in [1.82, 2.24) is 43.9 Å². The molecule has 0 saturated carbocycles. The summed E-state index contributed by atoms with van der Waals surface area (Å²) in [4.78, 5) is 21.5. The van der Waals surface area contributed by atoms with Gasteiger partial charge in [0, 0.05) is 38.4 Å². The zero-order valence-electron chi connectivity index (χ0n) is 27.9. The summed E-state index contributed by atoms with van der Waals surface area (Å²) in [6, 6.07) is 9.54. The van der Waals surface area contributed by atoms with Crippen LogP contribution in [0.3, 0.4) is 0 Å². The zero-order chi connectivity index (χ0) is 38.6. The number of anilines is 2. The lowest BCUT2D eigenvalue weighted by atomic mass is 10.2. The van der Waals surface area contributed by atoms with Crippen LogP contribution >= 0.6 is 0 Å². The molecule has 0 fully saturated rings. The molecule has 54 heavy (non-hydrogen) atoms. The highest BCUT2D eigenvalue weighted by atomic mass is 19.4. The summed E-state index contributed by atoms with van der Waals surface area (Å²) in [5.74, 6) is 0.857. The first-order chi connectivity index (χ1) is 25.8. The highest BCUT2D eigenvalue weighted by Gasteiger charge is 2.32. The van der Waals surface area contributed by atoms with Crippen LogP contribution in [0.25, 0.3) is 44.9 Å². The lowest BCUT2D eigenvalue weighted by Gasteiger charge is -2.13. The second kappa shape index (κ2) is 15.2. The molecule has 0 unspecified atom stereocenters. The topological polar surface area (TPSA) is 209 Å². The van der Waals surface area contributed by atoms with E-state index >= 15 is 0 Å². The van der Waals surface area contributed by atoms with Crippen LogP contribution in [0.4, 0.5) is 38.0 Å². The number of aromatic nitrogens is 9. The number of nitrogens with one attached hydrogen (secondary N) is 3. The normalized spacial score (nSPS) is 11.9. The average molecular weight is 759 g/mol. The Hall–Kier alpha value is -6.47. The maximum absolute atomic E-state index is 12.6. The number of aliphatic hydroxyl groups is 2. The number of hydrogen-bond acceptors (Lipinski definition) is 13. The van der Waals surface area contributed by atoms with Crippen molar-refractivity contribution in [3.05, 3.63) is 60.3 Å². The second-order valence-corrected chi connectivity index (χ2v) is 11.3. The van der Waals surface area contributed by atoms with E-state index in [0.717, 1.165) is 12.1 Å². The molecule has 5 heterocycles. The standard InChI is InChI=1S/C17H16F3N7O2.C15H12F3N5O2/c1-9-23-14(26-25-9)13-8-22-16-15(21-5-2-6-28)24-11-7-10(29-17(18,19)20)3-4-12(11)27(13)16;16-15(17,18)25-10-2-3-12-11(6-10)22-13(20-4-1-5-24)14-21-8-9(7-19)23(12)14/h3-4,7-8,28H,2,5-6H2,1H3,(H,21,24)(H,23,25,26);2-3,6,8,24H,1,4-5H2,(H,20,22). The molecule has 7 rings (SSSR count). The zero-order valence-corrected chi connectivity index (χ0v) is 27.9. The third kappa shape index (κ3) is 8.26. The summed E-state index contributed by atoms with van der Waals surface area (Å²) in [5.41, 5.74) is 2.99. The van der Waals surface area contributed by atoms with E-state index < -0.39 is 18.5 Å². The minimum Gasteiger partial charge on any atom is -0.406 e. The molecule has 0 radical (unpaired) electrons. The molecule has 0 saturated heterocycles. The largest absolute Gasteiger partial charge is 0.573 e. The van der Waals surface area contributed by atoms with Crippen LogP contribution in [0.1, 0.15) is 24.4 Å². The fourth-order valence-electron chi connectivity index (χ4n) is 5.33. The first-order valence-corrected chi connectivity index (χ1v) is 15.9. The van der Waals surface area contributed by atoms with Crippen LogP contribution in [-0.4, -0.2) is 93.2 Å². The number of aliphatic hydroxyl groups excluding tert-OH is 2. The molecule has 0 aliphatic heterocycles. The highest BCUT2D eigenvalue weighted by molar-refractivity contribution is 5.87. The summed E-state index contributed by atoms with van der Waals surface area (Å²) in [7, 11) is 0. The van der Waals surface area contributed by atoms with E-state index in [9.17, 15) is 31.6 Å². The molecule has 16 nitrogen and oxygen atoms in total. The van der Waals surface area contributed by atoms with Gasteiger partial charge in [-0.05, 0) is 44.0 Å². The molecule has 22 heteroatoms. The number of rotatable bonds is 11. The molecular weight excluding hydrogens is 730 g/mol. The van der Waals surface area contributed by atoms with Crippen LogP contribution in [-0.2, 0) is 0 Å². The highest BCUT2D eigenvalue weighted by Crippen LogP contribution is 2.32. The van der Waals surface area contributed by atoms with E-state index in [1.165, 1.54) is 34.9 Å². The van der Waals surface area contributed by atoms with Crippen molar-refractivity contribution in [3.8, 4) is 29.1 Å². The Bertz CT molecular complexity index is 2470. The van der Waals surface area contributed by atoms with Crippen LogP contribution in [0.5, 0.6) is 11.5 Å². The number of imidazole rings is 2. The summed E-state index contributed by atoms with van der Waals surface area (Å²) in [5, 5.41) is 40.0. The number of aromatic amines is 1. The number of nitrogens with zero attached hydrogens (tertiary/aromatic N) is 9. The van der Waals surface area contributed by atoms with Gasteiger partial charge in [-0.3, -0.25) is 13.9 Å². The Morgan fingerprint density at radius 3 is 1.78 bits per heavy atom. The van der Waals surface area contributed by atoms with E-state index in [0.29, 0.717) is 77.2 Å². The van der Waals surface area contributed by atoms with Gasteiger partial charge < -0.3 is 30.3 Å². The molecule has 5 aromatic heterocycles. The Morgan fingerprint density at radius 1 is 0.778 bits per heavy atom. The minimum atomic E-state index is -4.81. The Labute approximate surface area is 299 Å². The van der Waals surface area contributed by atoms with Crippen molar-refractivity contribution >= 4 is 45.0 Å². The number of fused-ring (bicyclic) bond motifs is 6. The molecule has 0 amide bonds. The van der Waals surface area contributed by atoms with Gasteiger partial charge in [0.05, 0.1) is 34.5 Å². The number of nitriles is 1. The maximum Gasteiger partial charge on any atom is 0.573 e. The van der Waals surface area contributed by atoms with Crippen molar-refractivity contribution in [3.63, 3.8) is 0 Å². The third-order valence-corrected chi connectivity index (χ3v) is 7.45. The van der Waals surface area contributed by atoms with Crippen molar-refractivity contribution in [2.45, 2.75) is 32.5 Å². The minimum absolute atomic E-state index is 0.0173. The lowest BCUT2D eigenvalue weighted by molar-refractivity contribution is -0.275. The number of hydrogen-bond donors (Lipinski definition) is 5. The number of alkyl halides is 6. The molecule has 0 spiro atoms. The lowest BCUT2D eigenvalue weighted by Crippen LogP contribution is -2.17. The van der Waals surface area contributed by atoms with Crippen molar-refractivity contribution < 1.29 is 46.0 Å². The number of aryl methyl sites for hydroxylation is 1. The Balaban J connectivity index is 0.000000186. The van der Waals surface area contributed by atoms with E-state index in [-0.39, 0.29) is 35.7 Å². The van der Waals surface area contributed by atoms with Gasteiger partial charge in [-0.15, -0.1) is 26.3 Å². The van der Waals surface area contributed by atoms with Gasteiger partial charge in [-0.1, -0.05) is 0 Å². The van der Waals surface area contributed by atoms with Gasteiger partial charge in [0.1, 0.15) is 34.8 Å². The molecular formula is C32H28F6N12O4. The van der Waals surface area contributed by atoms with Crippen molar-refractivity contribution in [2.24, 2.45) is 0 Å². The molecule has 2 aromatic carbocycles. The van der Waals surface area contributed by atoms with Gasteiger partial charge in [0.25, 0.3) is 0 Å². The number of ether oxygens (including phenoxy) is 2. The smallest absolute Gasteiger partial charge is 0.406 e. The molecule has 5 N–H and O–H groups in total. The third-order valence-electron chi connectivity index (χ3n) is 7.45. The first kappa shape index (κ1) is 37.3. The van der Waals surface area contributed by atoms with Crippen molar-refractivity contribution in [1.29, 1.82) is 5.26 Å². The van der Waals surface area contributed by atoms with Crippen LogP contribution < -0.4 is 20.1 Å². The predicted octanol–water partition coefficient (Wildman–Crippen LogP) is 5.12. The van der Waals surface area contributed by atoms with Crippen LogP contribution in [0.2, 0.25) is 0 Å². The predicted molar refractivity (Wildman–Crippen MR) is 180 cm³/mol. The van der Waals surface area contributed by atoms with Crippen LogP contribution in [0.15, 0.2) is 48.8 Å². The first-order valence-electron chi connectivity index (χ1n) is 15.9. The van der Waals surface area contributed by atoms with E-state index in [1.54, 1.807) is 17.5 Å². The van der Waals surface area contributed by atoms with Crippen molar-refractivity contribution in [2.75, 3.05) is 36.9 Å². The molecule has 0 aliphatic carbocycles. The monoisotopic (exact) mass is 758 g/mol. The molecule has 0 atom stereocenters. The SMILES string of the molecule is Cc1nc(-c2cnc3c(NCCCO)nc4cc(OC(F)(F)F)ccc4n23)n[nH]1.N#Cc1cnc2c(NCCCO)nc3cc(OC(F)(F)F)ccc3n12. The fraction of sp³-hybridized carbons (Fsp3) is 0.281.